The van der Waals surface area contributed by atoms with Gasteiger partial charge in [0.15, 0.2) is 6.61 Å². The van der Waals surface area contributed by atoms with Crippen LogP contribution >= 0.6 is 0 Å². The Hall–Kier alpha value is -2.88. The Balaban J connectivity index is 1.80. The van der Waals surface area contributed by atoms with Crippen molar-refractivity contribution in [2.24, 2.45) is 0 Å². The smallest absolute Gasteiger partial charge is 0.331 e. The van der Waals surface area contributed by atoms with E-state index in [0.29, 0.717) is 11.6 Å². The minimum Gasteiger partial charge on any atom is -0.452 e. The molecule has 0 aliphatic heterocycles. The van der Waals surface area contributed by atoms with Crippen molar-refractivity contribution < 1.29 is 14.3 Å². The number of carbonyl (C=O) groups excluding carboxylic acids is 2. The molecule has 0 saturated carbocycles. The molecule has 0 radical (unpaired) electrons. The van der Waals surface area contributed by atoms with Crippen LogP contribution in [0.15, 0.2) is 54.6 Å². The molecule has 0 fully saturated rings. The first-order valence-corrected chi connectivity index (χ1v) is 8.25. The number of esters is 1. The first-order chi connectivity index (χ1) is 11.9. The summed E-state index contributed by atoms with van der Waals surface area (Å²) in [5.41, 5.74) is 3.88. The van der Waals surface area contributed by atoms with Gasteiger partial charge in [-0.25, -0.2) is 4.79 Å². The predicted octanol–water partition coefficient (Wildman–Crippen LogP) is 4.31. The molecule has 130 valence electrons. The molecule has 25 heavy (non-hydrogen) atoms. The van der Waals surface area contributed by atoms with Crippen LogP contribution in [0, 0.1) is 6.92 Å². The third-order valence-electron chi connectivity index (χ3n) is 3.66. The molecule has 1 amide bonds. The molecular weight excluding hydrogens is 314 g/mol. The molecule has 0 aliphatic rings. The van der Waals surface area contributed by atoms with E-state index in [1.807, 2.05) is 49.4 Å². The van der Waals surface area contributed by atoms with Gasteiger partial charge in [0, 0.05) is 11.8 Å². The summed E-state index contributed by atoms with van der Waals surface area (Å²) in [6.45, 7) is 5.88. The van der Waals surface area contributed by atoms with E-state index < -0.39 is 5.97 Å². The highest BCUT2D eigenvalue weighted by Crippen LogP contribution is 2.15. The van der Waals surface area contributed by atoms with Gasteiger partial charge in [-0.1, -0.05) is 50.2 Å². The third-order valence-corrected chi connectivity index (χ3v) is 3.66. The lowest BCUT2D eigenvalue weighted by atomic mass is 10.0. The second kappa shape index (κ2) is 8.83. The second-order valence-electron chi connectivity index (χ2n) is 6.18. The summed E-state index contributed by atoms with van der Waals surface area (Å²) >= 11 is 0. The molecule has 0 heterocycles. The summed E-state index contributed by atoms with van der Waals surface area (Å²) in [5.74, 6) is -0.448. The van der Waals surface area contributed by atoms with Gasteiger partial charge in [-0.3, -0.25) is 4.79 Å². The number of hydrogen-bond acceptors (Lipinski definition) is 3. The van der Waals surface area contributed by atoms with E-state index in [-0.39, 0.29) is 12.5 Å². The first kappa shape index (κ1) is 18.5. The molecule has 0 unspecified atom stereocenters. The van der Waals surface area contributed by atoms with E-state index in [0.717, 1.165) is 11.1 Å². The zero-order chi connectivity index (χ0) is 18.2. The van der Waals surface area contributed by atoms with E-state index in [4.69, 9.17) is 4.74 Å². The van der Waals surface area contributed by atoms with Gasteiger partial charge < -0.3 is 10.1 Å². The number of ether oxygens (including phenoxy) is 1. The van der Waals surface area contributed by atoms with Crippen molar-refractivity contribution >= 4 is 23.6 Å². The number of aryl methyl sites for hydroxylation is 1. The fraction of sp³-hybridized carbons (Fsp3) is 0.238. The van der Waals surface area contributed by atoms with E-state index in [9.17, 15) is 9.59 Å². The van der Waals surface area contributed by atoms with Crippen molar-refractivity contribution in [2.75, 3.05) is 11.9 Å². The highest BCUT2D eigenvalue weighted by Gasteiger charge is 2.06. The molecule has 2 aromatic carbocycles. The van der Waals surface area contributed by atoms with Gasteiger partial charge in [-0.2, -0.15) is 0 Å². The van der Waals surface area contributed by atoms with Crippen LogP contribution in [0.25, 0.3) is 6.08 Å². The minimum absolute atomic E-state index is 0.316. The van der Waals surface area contributed by atoms with Crippen LogP contribution in [0.3, 0.4) is 0 Å². The Labute approximate surface area is 148 Å². The zero-order valence-corrected chi connectivity index (χ0v) is 14.8. The molecule has 4 heteroatoms. The number of benzene rings is 2. The van der Waals surface area contributed by atoms with Crippen molar-refractivity contribution in [1.82, 2.24) is 0 Å². The summed E-state index contributed by atoms with van der Waals surface area (Å²) < 4.78 is 4.95. The molecule has 4 nitrogen and oxygen atoms in total. The van der Waals surface area contributed by atoms with Crippen LogP contribution in [0.4, 0.5) is 5.69 Å². The van der Waals surface area contributed by atoms with Crippen molar-refractivity contribution in [3.05, 3.63) is 71.3 Å². The monoisotopic (exact) mass is 337 g/mol. The van der Waals surface area contributed by atoms with Crippen LogP contribution in [0.2, 0.25) is 0 Å². The average Bonchev–Trinajstić information content (AvgIpc) is 2.58. The lowest BCUT2D eigenvalue weighted by Crippen LogP contribution is -2.20. The van der Waals surface area contributed by atoms with Gasteiger partial charge in [0.2, 0.25) is 0 Å². The maximum atomic E-state index is 11.8. The Kier molecular flexibility index (Phi) is 6.52. The maximum absolute atomic E-state index is 11.8. The van der Waals surface area contributed by atoms with Crippen LogP contribution < -0.4 is 5.32 Å². The standard InChI is InChI=1S/C21H23NO3/c1-15(2)18-10-7-17(8-11-18)9-12-21(24)25-14-20(23)22-19-6-4-5-16(3)13-19/h4-13,15H,14H2,1-3H3,(H,22,23)/b12-9+. The Bertz CT molecular complexity index is 761. The minimum atomic E-state index is -0.549. The molecule has 2 rings (SSSR count). The second-order valence-corrected chi connectivity index (χ2v) is 6.18. The summed E-state index contributed by atoms with van der Waals surface area (Å²) in [5, 5.41) is 2.69. The van der Waals surface area contributed by atoms with Crippen LogP contribution in [-0.2, 0) is 14.3 Å². The van der Waals surface area contributed by atoms with Gasteiger partial charge in [-0.05, 0) is 47.7 Å². The summed E-state index contributed by atoms with van der Waals surface area (Å²) in [7, 11) is 0. The van der Waals surface area contributed by atoms with E-state index >= 15 is 0 Å². The van der Waals surface area contributed by atoms with Gasteiger partial charge >= 0.3 is 5.97 Å². The lowest BCUT2D eigenvalue weighted by Gasteiger charge is -2.06. The molecule has 0 aromatic heterocycles. The van der Waals surface area contributed by atoms with E-state index in [1.54, 1.807) is 12.1 Å². The normalized spacial score (nSPS) is 10.9. The summed E-state index contributed by atoms with van der Waals surface area (Å²) in [4.78, 5) is 23.5. The van der Waals surface area contributed by atoms with Gasteiger partial charge in [-0.15, -0.1) is 0 Å². The van der Waals surface area contributed by atoms with Crippen molar-refractivity contribution in [3.8, 4) is 0 Å². The number of amides is 1. The molecule has 1 N–H and O–H groups in total. The first-order valence-electron chi connectivity index (χ1n) is 8.25. The molecule has 0 saturated heterocycles. The number of hydrogen-bond donors (Lipinski definition) is 1. The van der Waals surface area contributed by atoms with Crippen LogP contribution in [-0.4, -0.2) is 18.5 Å². The number of anilines is 1. The van der Waals surface area contributed by atoms with Crippen molar-refractivity contribution in [2.45, 2.75) is 26.7 Å². The van der Waals surface area contributed by atoms with Gasteiger partial charge in [0.1, 0.15) is 0 Å². The molecular formula is C21H23NO3. The molecule has 0 atom stereocenters. The summed E-state index contributed by atoms with van der Waals surface area (Å²) in [6, 6.07) is 15.4. The Morgan fingerprint density at radius 2 is 1.84 bits per heavy atom. The number of nitrogens with one attached hydrogen (secondary N) is 1. The number of carbonyl (C=O) groups is 2. The molecule has 0 spiro atoms. The van der Waals surface area contributed by atoms with Gasteiger partial charge in [0.05, 0.1) is 0 Å². The SMILES string of the molecule is Cc1cccc(NC(=O)COC(=O)/C=C/c2ccc(C(C)C)cc2)c1. The lowest BCUT2D eigenvalue weighted by molar-refractivity contribution is -0.142. The van der Waals surface area contributed by atoms with Gasteiger partial charge in [0.25, 0.3) is 5.91 Å². The van der Waals surface area contributed by atoms with Crippen molar-refractivity contribution in [3.63, 3.8) is 0 Å². The molecule has 0 aliphatic carbocycles. The topological polar surface area (TPSA) is 55.4 Å². The zero-order valence-electron chi connectivity index (χ0n) is 14.8. The molecule has 2 aromatic rings. The van der Waals surface area contributed by atoms with Crippen molar-refractivity contribution in [1.29, 1.82) is 0 Å². The predicted molar refractivity (Wildman–Crippen MR) is 100 cm³/mol. The maximum Gasteiger partial charge on any atom is 0.331 e. The number of rotatable bonds is 6. The summed E-state index contributed by atoms with van der Waals surface area (Å²) in [6.07, 6.45) is 3.00. The quantitative estimate of drug-likeness (QED) is 0.631. The highest BCUT2D eigenvalue weighted by molar-refractivity contribution is 5.94. The Morgan fingerprint density at radius 1 is 1.12 bits per heavy atom. The Morgan fingerprint density at radius 3 is 2.48 bits per heavy atom. The molecule has 0 bridgehead atoms. The fourth-order valence-corrected chi connectivity index (χ4v) is 2.26. The average molecular weight is 337 g/mol. The third kappa shape index (κ3) is 6.26. The van der Waals surface area contributed by atoms with E-state index in [2.05, 4.69) is 19.2 Å². The highest BCUT2D eigenvalue weighted by atomic mass is 16.5. The largest absolute Gasteiger partial charge is 0.452 e. The van der Waals surface area contributed by atoms with E-state index in [1.165, 1.54) is 11.6 Å². The fourth-order valence-electron chi connectivity index (χ4n) is 2.26. The van der Waals surface area contributed by atoms with Crippen LogP contribution in [0.5, 0.6) is 0 Å². The van der Waals surface area contributed by atoms with Crippen LogP contribution in [0.1, 0.15) is 36.5 Å².